The maximum Gasteiger partial charge on any atom is 0.308 e. The Morgan fingerprint density at radius 2 is 2.32 bits per heavy atom. The lowest BCUT2D eigenvalue weighted by Crippen LogP contribution is -2.32. The Hall–Kier alpha value is -1.89. The molecule has 0 aromatic carbocycles. The predicted octanol–water partition coefficient (Wildman–Crippen LogP) is 0.574. The summed E-state index contributed by atoms with van der Waals surface area (Å²) in [7, 11) is 0. The Balaban J connectivity index is 1.85. The summed E-state index contributed by atoms with van der Waals surface area (Å²) in [5.74, 6) is -1.07. The van der Waals surface area contributed by atoms with Gasteiger partial charge in [0.25, 0.3) is 0 Å². The van der Waals surface area contributed by atoms with Crippen LogP contribution in [0, 0.1) is 18.8 Å². The highest BCUT2D eigenvalue weighted by molar-refractivity contribution is 5.91. The molecule has 7 heteroatoms. The molecule has 2 rings (SSSR count). The first-order valence-corrected chi connectivity index (χ1v) is 6.14. The van der Waals surface area contributed by atoms with Crippen LogP contribution in [0.3, 0.4) is 0 Å². The summed E-state index contributed by atoms with van der Waals surface area (Å²) < 4.78 is 4.89. The minimum atomic E-state index is -0.804. The first kappa shape index (κ1) is 13.5. The molecule has 0 aliphatic carbocycles. The zero-order chi connectivity index (χ0) is 14.0. The molecule has 0 spiro atoms. The minimum Gasteiger partial charge on any atom is -0.481 e. The van der Waals surface area contributed by atoms with E-state index in [0.29, 0.717) is 24.7 Å². The number of anilines is 1. The Morgan fingerprint density at radius 3 is 2.84 bits per heavy atom. The van der Waals surface area contributed by atoms with Crippen LogP contribution in [0.25, 0.3) is 0 Å². The molecule has 2 atom stereocenters. The van der Waals surface area contributed by atoms with Crippen molar-refractivity contribution in [3.8, 4) is 0 Å². The monoisotopic (exact) mass is 267 g/mol. The van der Waals surface area contributed by atoms with E-state index in [4.69, 9.17) is 9.63 Å². The molecule has 104 valence electrons. The number of carboxylic acids is 1. The van der Waals surface area contributed by atoms with Gasteiger partial charge in [-0.3, -0.25) is 19.8 Å². The van der Waals surface area contributed by atoms with E-state index in [0.717, 1.165) is 0 Å². The Labute approximate surface area is 110 Å². The molecule has 2 N–H and O–H groups in total. The third-order valence-corrected chi connectivity index (χ3v) is 3.26. The van der Waals surface area contributed by atoms with Gasteiger partial charge in [-0.25, -0.2) is 0 Å². The van der Waals surface area contributed by atoms with E-state index in [2.05, 4.69) is 10.5 Å². The molecule has 19 heavy (non-hydrogen) atoms. The minimum absolute atomic E-state index is 0.0535. The Bertz CT molecular complexity index is 485. The molecule has 1 aromatic rings. The van der Waals surface area contributed by atoms with E-state index in [-0.39, 0.29) is 18.4 Å². The van der Waals surface area contributed by atoms with E-state index >= 15 is 0 Å². The van der Waals surface area contributed by atoms with Gasteiger partial charge in [0.05, 0.1) is 18.2 Å². The zero-order valence-corrected chi connectivity index (χ0v) is 10.9. The lowest BCUT2D eigenvalue weighted by molar-refractivity contribution is -0.142. The highest BCUT2D eigenvalue weighted by Gasteiger charge is 2.35. The van der Waals surface area contributed by atoms with Crippen LogP contribution in [0.1, 0.15) is 12.6 Å². The molecular weight excluding hydrogens is 250 g/mol. The quantitative estimate of drug-likeness (QED) is 0.828. The molecule has 1 aromatic heterocycles. The van der Waals surface area contributed by atoms with Gasteiger partial charge < -0.3 is 9.63 Å². The van der Waals surface area contributed by atoms with Gasteiger partial charge in [-0.05, 0) is 12.8 Å². The fourth-order valence-electron chi connectivity index (χ4n) is 2.32. The smallest absolute Gasteiger partial charge is 0.308 e. The number of hydrogen-bond donors (Lipinski definition) is 2. The number of aliphatic carboxylic acids is 1. The van der Waals surface area contributed by atoms with E-state index in [1.54, 1.807) is 13.0 Å². The van der Waals surface area contributed by atoms with Crippen molar-refractivity contribution < 1.29 is 19.2 Å². The normalized spacial score (nSPS) is 23.5. The lowest BCUT2D eigenvalue weighted by atomic mass is 9.99. The van der Waals surface area contributed by atoms with Crippen molar-refractivity contribution in [2.24, 2.45) is 11.8 Å². The van der Waals surface area contributed by atoms with E-state index in [1.807, 2.05) is 11.8 Å². The molecule has 1 saturated heterocycles. The molecule has 1 aliphatic rings. The SMILES string of the molecule is Cc1cc(NC(=O)CN2C[C@@H](C)[C@H](C(=O)O)C2)on1. The van der Waals surface area contributed by atoms with Crippen LogP contribution in [0.4, 0.5) is 5.88 Å². The standard InChI is InChI=1S/C12H17N3O4/c1-7-4-15(5-9(7)12(17)18)6-10(16)13-11-3-8(2)14-19-11/h3,7,9H,4-6H2,1-2H3,(H,13,16)(H,17,18)/t7-,9-/m1/s1. The average molecular weight is 267 g/mol. The van der Waals surface area contributed by atoms with Crippen molar-refractivity contribution in [2.75, 3.05) is 25.0 Å². The van der Waals surface area contributed by atoms with Gasteiger partial charge in [0.1, 0.15) is 0 Å². The first-order chi connectivity index (χ1) is 8.95. The molecule has 0 radical (unpaired) electrons. The molecule has 0 saturated carbocycles. The van der Waals surface area contributed by atoms with Crippen molar-refractivity contribution in [3.05, 3.63) is 11.8 Å². The van der Waals surface area contributed by atoms with Gasteiger partial charge in [0.2, 0.25) is 11.8 Å². The van der Waals surface area contributed by atoms with Crippen molar-refractivity contribution in [3.63, 3.8) is 0 Å². The summed E-state index contributed by atoms with van der Waals surface area (Å²) in [4.78, 5) is 24.6. The summed E-state index contributed by atoms with van der Waals surface area (Å²) in [6.45, 7) is 4.82. The third-order valence-electron chi connectivity index (χ3n) is 3.26. The van der Waals surface area contributed by atoms with Crippen LogP contribution >= 0.6 is 0 Å². The second kappa shape index (κ2) is 5.40. The number of carboxylic acid groups (broad SMARTS) is 1. The third kappa shape index (κ3) is 3.31. The number of aromatic nitrogens is 1. The molecule has 0 unspecified atom stereocenters. The number of likely N-dealkylation sites (tertiary alicyclic amines) is 1. The van der Waals surface area contributed by atoms with Gasteiger partial charge >= 0.3 is 5.97 Å². The number of carbonyl (C=O) groups excluding carboxylic acids is 1. The number of aryl methyl sites for hydroxylation is 1. The zero-order valence-electron chi connectivity index (χ0n) is 10.9. The van der Waals surface area contributed by atoms with Gasteiger partial charge in [-0.15, -0.1) is 0 Å². The average Bonchev–Trinajstić information content (AvgIpc) is 2.85. The summed E-state index contributed by atoms with van der Waals surface area (Å²) in [6.07, 6.45) is 0. The van der Waals surface area contributed by atoms with Gasteiger partial charge in [-0.2, -0.15) is 0 Å². The highest BCUT2D eigenvalue weighted by atomic mass is 16.5. The lowest BCUT2D eigenvalue weighted by Gasteiger charge is -2.13. The largest absolute Gasteiger partial charge is 0.481 e. The van der Waals surface area contributed by atoms with E-state index in [9.17, 15) is 9.59 Å². The fourth-order valence-corrected chi connectivity index (χ4v) is 2.32. The maximum absolute atomic E-state index is 11.8. The van der Waals surface area contributed by atoms with Crippen molar-refractivity contribution in [2.45, 2.75) is 13.8 Å². The topological polar surface area (TPSA) is 95.7 Å². The van der Waals surface area contributed by atoms with Crippen molar-refractivity contribution in [1.29, 1.82) is 0 Å². The summed E-state index contributed by atoms with van der Waals surface area (Å²) >= 11 is 0. The molecule has 2 heterocycles. The van der Waals surface area contributed by atoms with Crippen molar-refractivity contribution >= 4 is 17.8 Å². The number of amides is 1. The van der Waals surface area contributed by atoms with E-state index in [1.165, 1.54) is 0 Å². The second-order valence-electron chi connectivity index (χ2n) is 5.00. The highest BCUT2D eigenvalue weighted by Crippen LogP contribution is 2.22. The molecule has 7 nitrogen and oxygen atoms in total. The molecule has 1 amide bonds. The Morgan fingerprint density at radius 1 is 1.58 bits per heavy atom. The number of rotatable bonds is 4. The van der Waals surface area contributed by atoms with E-state index < -0.39 is 11.9 Å². The summed E-state index contributed by atoms with van der Waals surface area (Å²) in [5.41, 5.74) is 0.691. The molecule has 0 bridgehead atoms. The van der Waals surface area contributed by atoms with Crippen LogP contribution in [-0.4, -0.2) is 46.7 Å². The summed E-state index contributed by atoms with van der Waals surface area (Å²) in [6, 6.07) is 1.63. The molecule has 1 aliphatic heterocycles. The van der Waals surface area contributed by atoms with Crippen LogP contribution < -0.4 is 5.32 Å². The maximum atomic E-state index is 11.8. The van der Waals surface area contributed by atoms with Gasteiger partial charge in [0.15, 0.2) is 0 Å². The predicted molar refractivity (Wildman–Crippen MR) is 66.6 cm³/mol. The van der Waals surface area contributed by atoms with Crippen LogP contribution in [0.5, 0.6) is 0 Å². The van der Waals surface area contributed by atoms with Crippen LogP contribution in [0.2, 0.25) is 0 Å². The van der Waals surface area contributed by atoms with Crippen LogP contribution in [0.15, 0.2) is 10.6 Å². The second-order valence-corrected chi connectivity index (χ2v) is 5.00. The fraction of sp³-hybridized carbons (Fsp3) is 0.583. The number of nitrogens with one attached hydrogen (secondary N) is 1. The van der Waals surface area contributed by atoms with Crippen LogP contribution in [-0.2, 0) is 9.59 Å². The van der Waals surface area contributed by atoms with Crippen molar-refractivity contribution in [1.82, 2.24) is 10.1 Å². The van der Waals surface area contributed by atoms with Gasteiger partial charge in [0, 0.05) is 19.2 Å². The number of hydrogen-bond acceptors (Lipinski definition) is 5. The molecular formula is C12H17N3O4. The Kier molecular flexibility index (Phi) is 3.84. The van der Waals surface area contributed by atoms with Gasteiger partial charge in [-0.1, -0.05) is 12.1 Å². The number of carbonyl (C=O) groups is 2. The first-order valence-electron chi connectivity index (χ1n) is 6.14. The summed E-state index contributed by atoms with van der Waals surface area (Å²) in [5, 5.41) is 15.3. The molecule has 1 fully saturated rings. The number of nitrogens with zero attached hydrogens (tertiary/aromatic N) is 2.